The van der Waals surface area contributed by atoms with Crippen molar-refractivity contribution in [3.8, 4) is 0 Å². The summed E-state index contributed by atoms with van der Waals surface area (Å²) in [6.07, 6.45) is -2.23. The lowest BCUT2D eigenvalue weighted by atomic mass is 10.2. The highest BCUT2D eigenvalue weighted by molar-refractivity contribution is 5.85. The van der Waals surface area contributed by atoms with Crippen LogP contribution in [0.25, 0.3) is 0 Å². The largest absolute Gasteiger partial charge is 0.467 e. The zero-order valence-corrected chi connectivity index (χ0v) is 8.60. The molecule has 0 bridgehead atoms. The van der Waals surface area contributed by atoms with Crippen LogP contribution in [0.15, 0.2) is 0 Å². The zero-order chi connectivity index (χ0) is 11.1. The normalized spacial score (nSPS) is 14.3. The van der Waals surface area contributed by atoms with Crippen LogP contribution < -0.4 is 0 Å². The predicted molar refractivity (Wildman–Crippen MR) is 45.6 cm³/mol. The Hall–Kier alpha value is -1.14. The number of methoxy groups -OCH3 is 4. The Labute approximate surface area is 82.1 Å². The molecule has 0 N–H and O–H groups in total. The van der Waals surface area contributed by atoms with Gasteiger partial charge in [-0.15, -0.1) is 0 Å². The molecule has 0 rings (SSSR count). The molecule has 0 amide bonds. The number of ether oxygens (including phenoxy) is 4. The summed E-state index contributed by atoms with van der Waals surface area (Å²) in [7, 11) is 4.93. The van der Waals surface area contributed by atoms with E-state index in [0.717, 1.165) is 0 Å². The molecule has 0 aliphatic heterocycles. The van der Waals surface area contributed by atoms with Crippen LogP contribution in [-0.4, -0.2) is 52.6 Å². The minimum atomic E-state index is -1.11. The van der Waals surface area contributed by atoms with Crippen LogP contribution in [0.3, 0.4) is 0 Å². The van der Waals surface area contributed by atoms with E-state index in [-0.39, 0.29) is 0 Å². The summed E-state index contributed by atoms with van der Waals surface area (Å²) in [5.74, 6) is -1.38. The van der Waals surface area contributed by atoms with Crippen LogP contribution >= 0.6 is 0 Å². The molecule has 0 heterocycles. The maximum Gasteiger partial charge on any atom is 0.338 e. The predicted octanol–water partition coefficient (Wildman–Crippen LogP) is -0.638. The van der Waals surface area contributed by atoms with Gasteiger partial charge in [-0.2, -0.15) is 0 Å². The highest BCUT2D eigenvalue weighted by Crippen LogP contribution is 2.06. The van der Waals surface area contributed by atoms with E-state index < -0.39 is 24.1 Å². The lowest BCUT2D eigenvalue weighted by Crippen LogP contribution is -2.43. The molecule has 0 saturated heterocycles. The molecule has 82 valence electrons. The molecule has 0 aliphatic rings. The van der Waals surface area contributed by atoms with Crippen molar-refractivity contribution in [2.45, 2.75) is 12.2 Å². The second-order valence-corrected chi connectivity index (χ2v) is 2.36. The number of hydrogen-bond acceptors (Lipinski definition) is 6. The van der Waals surface area contributed by atoms with Crippen molar-refractivity contribution in [3.63, 3.8) is 0 Å². The third-order valence-corrected chi connectivity index (χ3v) is 1.65. The smallest absolute Gasteiger partial charge is 0.338 e. The van der Waals surface area contributed by atoms with Crippen molar-refractivity contribution >= 4 is 11.9 Å². The van der Waals surface area contributed by atoms with E-state index in [1.165, 1.54) is 28.4 Å². The van der Waals surface area contributed by atoms with Crippen LogP contribution in [0.2, 0.25) is 0 Å². The van der Waals surface area contributed by atoms with Crippen molar-refractivity contribution in [3.05, 3.63) is 0 Å². The van der Waals surface area contributed by atoms with E-state index in [4.69, 9.17) is 9.47 Å². The number of carbonyl (C=O) groups is 2. The van der Waals surface area contributed by atoms with Gasteiger partial charge in [-0.25, -0.2) is 9.59 Å². The number of carbonyl (C=O) groups excluding carboxylic acids is 2. The third-order valence-electron chi connectivity index (χ3n) is 1.65. The molecule has 0 fully saturated rings. The molecule has 0 saturated carbocycles. The molecular weight excluding hydrogens is 192 g/mol. The van der Waals surface area contributed by atoms with Gasteiger partial charge in [-0.1, -0.05) is 0 Å². The van der Waals surface area contributed by atoms with Crippen LogP contribution in [0.1, 0.15) is 0 Å². The zero-order valence-electron chi connectivity index (χ0n) is 8.60. The van der Waals surface area contributed by atoms with E-state index in [0.29, 0.717) is 0 Å². The van der Waals surface area contributed by atoms with E-state index in [9.17, 15) is 9.59 Å². The molecule has 0 spiro atoms. The molecular formula is C8H14O6. The summed E-state index contributed by atoms with van der Waals surface area (Å²) in [4.78, 5) is 22.3. The van der Waals surface area contributed by atoms with Gasteiger partial charge in [0.1, 0.15) is 0 Å². The van der Waals surface area contributed by atoms with Gasteiger partial charge >= 0.3 is 11.9 Å². The number of esters is 2. The molecule has 0 aromatic heterocycles. The first-order valence-corrected chi connectivity index (χ1v) is 3.83. The molecule has 14 heavy (non-hydrogen) atoms. The first kappa shape index (κ1) is 12.9. The molecule has 0 radical (unpaired) electrons. The Morgan fingerprint density at radius 2 is 1.07 bits per heavy atom. The summed E-state index contributed by atoms with van der Waals surface area (Å²) in [6.45, 7) is 0. The molecule has 0 aromatic carbocycles. The van der Waals surface area contributed by atoms with E-state index in [1.54, 1.807) is 0 Å². The minimum Gasteiger partial charge on any atom is -0.467 e. The molecule has 6 nitrogen and oxygen atoms in total. The Bertz CT molecular complexity index is 180. The maximum atomic E-state index is 11.1. The van der Waals surface area contributed by atoms with Gasteiger partial charge in [0.2, 0.25) is 0 Å². The van der Waals surface area contributed by atoms with Crippen LogP contribution in [0.4, 0.5) is 0 Å². The number of hydrogen-bond donors (Lipinski definition) is 0. The van der Waals surface area contributed by atoms with E-state index in [2.05, 4.69) is 9.47 Å². The first-order valence-electron chi connectivity index (χ1n) is 3.83. The summed E-state index contributed by atoms with van der Waals surface area (Å²) in [6, 6.07) is 0. The summed E-state index contributed by atoms with van der Waals surface area (Å²) < 4.78 is 18.4. The SMILES string of the molecule is COC(=O)C(OC)C(OC)C(=O)OC. The summed E-state index contributed by atoms with van der Waals surface area (Å²) in [5.41, 5.74) is 0. The summed E-state index contributed by atoms with van der Waals surface area (Å²) >= 11 is 0. The second kappa shape index (κ2) is 6.33. The monoisotopic (exact) mass is 206 g/mol. The fourth-order valence-corrected chi connectivity index (χ4v) is 0.919. The Morgan fingerprint density at radius 3 is 1.21 bits per heavy atom. The average Bonchev–Trinajstić information content (AvgIpc) is 2.23. The number of rotatable bonds is 5. The van der Waals surface area contributed by atoms with Crippen molar-refractivity contribution in [2.75, 3.05) is 28.4 Å². The lowest BCUT2D eigenvalue weighted by Gasteiger charge is -2.20. The Balaban J connectivity index is 4.60. The standard InChI is InChI=1S/C8H14O6/c1-11-5(7(9)13-3)6(12-2)8(10)14-4/h5-6H,1-4H3. The molecule has 2 atom stereocenters. The topological polar surface area (TPSA) is 71.1 Å². The average molecular weight is 206 g/mol. The second-order valence-electron chi connectivity index (χ2n) is 2.36. The highest BCUT2D eigenvalue weighted by atomic mass is 16.6. The van der Waals surface area contributed by atoms with Gasteiger partial charge in [0.05, 0.1) is 14.2 Å². The van der Waals surface area contributed by atoms with Gasteiger partial charge in [0.15, 0.2) is 12.2 Å². The van der Waals surface area contributed by atoms with Gasteiger partial charge in [0, 0.05) is 14.2 Å². The van der Waals surface area contributed by atoms with Crippen molar-refractivity contribution < 1.29 is 28.5 Å². The Kier molecular flexibility index (Phi) is 5.82. The van der Waals surface area contributed by atoms with Crippen LogP contribution in [0.5, 0.6) is 0 Å². The lowest BCUT2D eigenvalue weighted by molar-refractivity contribution is -0.175. The third kappa shape index (κ3) is 2.97. The summed E-state index contributed by atoms with van der Waals surface area (Å²) in [5, 5.41) is 0. The fourth-order valence-electron chi connectivity index (χ4n) is 0.919. The van der Waals surface area contributed by atoms with Crippen molar-refractivity contribution in [1.29, 1.82) is 0 Å². The van der Waals surface area contributed by atoms with E-state index >= 15 is 0 Å². The van der Waals surface area contributed by atoms with Crippen molar-refractivity contribution in [1.82, 2.24) is 0 Å². The van der Waals surface area contributed by atoms with Gasteiger partial charge < -0.3 is 18.9 Å². The molecule has 0 aromatic rings. The van der Waals surface area contributed by atoms with Gasteiger partial charge in [-0.3, -0.25) is 0 Å². The van der Waals surface area contributed by atoms with Crippen LogP contribution in [0, 0.1) is 0 Å². The maximum absolute atomic E-state index is 11.1. The fraction of sp³-hybridized carbons (Fsp3) is 0.750. The molecule has 0 aliphatic carbocycles. The minimum absolute atomic E-state index is 0.690. The molecule has 2 unspecified atom stereocenters. The van der Waals surface area contributed by atoms with Gasteiger partial charge in [-0.05, 0) is 0 Å². The first-order chi connectivity index (χ1) is 6.62. The quantitative estimate of drug-likeness (QED) is 0.557. The van der Waals surface area contributed by atoms with Crippen molar-refractivity contribution in [2.24, 2.45) is 0 Å². The van der Waals surface area contributed by atoms with Gasteiger partial charge in [0.25, 0.3) is 0 Å². The van der Waals surface area contributed by atoms with E-state index in [1.807, 2.05) is 0 Å². The Morgan fingerprint density at radius 1 is 0.786 bits per heavy atom. The highest BCUT2D eigenvalue weighted by Gasteiger charge is 2.35. The van der Waals surface area contributed by atoms with Crippen LogP contribution in [-0.2, 0) is 28.5 Å². The molecule has 6 heteroatoms.